The lowest BCUT2D eigenvalue weighted by Crippen LogP contribution is -2.22. The summed E-state index contributed by atoms with van der Waals surface area (Å²) in [6.07, 6.45) is -0.525. The maximum atomic E-state index is 13.9. The molecule has 0 amide bonds. The van der Waals surface area contributed by atoms with Gasteiger partial charge in [-0.2, -0.15) is 0 Å². The molecule has 2 atom stereocenters. The maximum Gasteiger partial charge on any atom is 0.128 e. The first-order valence-electron chi connectivity index (χ1n) is 6.86. The first kappa shape index (κ1) is 16.0. The van der Waals surface area contributed by atoms with Crippen molar-refractivity contribution in [2.24, 2.45) is 0 Å². The summed E-state index contributed by atoms with van der Waals surface area (Å²) in [6, 6.07) is 12.5. The lowest BCUT2D eigenvalue weighted by molar-refractivity contribution is 0.198. The second-order valence-electron chi connectivity index (χ2n) is 5.19. The van der Waals surface area contributed by atoms with Crippen molar-refractivity contribution in [2.45, 2.75) is 26.0 Å². The van der Waals surface area contributed by atoms with Crippen molar-refractivity contribution in [1.29, 1.82) is 0 Å². The molecule has 0 aromatic heterocycles. The van der Waals surface area contributed by atoms with E-state index in [-0.39, 0.29) is 11.9 Å². The molecule has 0 heterocycles. The quantitative estimate of drug-likeness (QED) is 0.851. The Hall–Kier alpha value is -1.39. The highest BCUT2D eigenvalue weighted by Crippen LogP contribution is 2.32. The monoisotopic (exact) mass is 351 g/mol. The average molecular weight is 352 g/mol. The highest BCUT2D eigenvalue weighted by molar-refractivity contribution is 9.10. The van der Waals surface area contributed by atoms with E-state index in [2.05, 4.69) is 15.9 Å². The molecule has 2 aromatic rings. The molecule has 0 spiro atoms. The molecule has 112 valence electrons. The summed E-state index contributed by atoms with van der Waals surface area (Å²) in [7, 11) is 1.93. The van der Waals surface area contributed by atoms with Crippen molar-refractivity contribution in [3.8, 4) is 0 Å². The van der Waals surface area contributed by atoms with Gasteiger partial charge in [-0.1, -0.05) is 40.2 Å². The van der Waals surface area contributed by atoms with E-state index in [0.29, 0.717) is 5.56 Å². The molecule has 1 N–H and O–H groups in total. The van der Waals surface area contributed by atoms with Crippen LogP contribution >= 0.6 is 15.9 Å². The van der Waals surface area contributed by atoms with E-state index >= 15 is 0 Å². The van der Waals surface area contributed by atoms with Gasteiger partial charge in [0.15, 0.2) is 0 Å². The van der Waals surface area contributed by atoms with Gasteiger partial charge < -0.3 is 10.0 Å². The molecule has 0 saturated heterocycles. The van der Waals surface area contributed by atoms with Crippen LogP contribution in [-0.2, 0) is 0 Å². The van der Waals surface area contributed by atoms with E-state index in [9.17, 15) is 9.50 Å². The Bertz CT molecular complexity index is 630. The third-order valence-corrected chi connectivity index (χ3v) is 4.46. The van der Waals surface area contributed by atoms with Gasteiger partial charge in [0.05, 0.1) is 12.1 Å². The minimum Gasteiger partial charge on any atom is -0.389 e. The average Bonchev–Trinajstić information content (AvgIpc) is 2.45. The fourth-order valence-electron chi connectivity index (χ4n) is 2.32. The van der Waals surface area contributed by atoms with Gasteiger partial charge in [0.25, 0.3) is 0 Å². The number of hydrogen-bond acceptors (Lipinski definition) is 2. The smallest absolute Gasteiger partial charge is 0.128 e. The fourth-order valence-corrected chi connectivity index (χ4v) is 3.02. The number of nitrogens with zero attached hydrogens (tertiary/aromatic N) is 1. The van der Waals surface area contributed by atoms with Gasteiger partial charge in [0, 0.05) is 22.8 Å². The third kappa shape index (κ3) is 3.44. The van der Waals surface area contributed by atoms with Gasteiger partial charge in [0.2, 0.25) is 0 Å². The molecule has 2 aromatic carbocycles. The largest absolute Gasteiger partial charge is 0.389 e. The van der Waals surface area contributed by atoms with Crippen LogP contribution in [0.15, 0.2) is 46.9 Å². The number of rotatable bonds is 4. The minimum atomic E-state index is -0.525. The minimum absolute atomic E-state index is 0.0875. The molecule has 0 bridgehead atoms. The van der Waals surface area contributed by atoms with Crippen LogP contribution in [0.3, 0.4) is 0 Å². The second-order valence-corrected chi connectivity index (χ2v) is 6.04. The summed E-state index contributed by atoms with van der Waals surface area (Å²) in [6.45, 7) is 3.69. The van der Waals surface area contributed by atoms with Crippen LogP contribution in [0.5, 0.6) is 0 Å². The Morgan fingerprint density at radius 1 is 1.10 bits per heavy atom. The third-order valence-electron chi connectivity index (χ3n) is 3.78. The summed E-state index contributed by atoms with van der Waals surface area (Å²) >= 11 is 3.48. The maximum absolute atomic E-state index is 13.9. The first-order valence-corrected chi connectivity index (χ1v) is 7.66. The Labute approximate surface area is 133 Å². The summed E-state index contributed by atoms with van der Waals surface area (Å²) in [4.78, 5) is 2.01. The number of aliphatic hydroxyl groups is 1. The molecule has 2 nitrogen and oxygen atoms in total. The van der Waals surface area contributed by atoms with Crippen LogP contribution in [0.25, 0.3) is 0 Å². The molecule has 2 rings (SSSR count). The second kappa shape index (κ2) is 6.58. The number of anilines is 1. The van der Waals surface area contributed by atoms with Crippen LogP contribution in [0.1, 0.15) is 37.1 Å². The van der Waals surface area contributed by atoms with Crippen molar-refractivity contribution < 1.29 is 9.50 Å². The van der Waals surface area contributed by atoms with Crippen LogP contribution in [-0.4, -0.2) is 12.2 Å². The zero-order valence-electron chi connectivity index (χ0n) is 12.3. The predicted molar refractivity (Wildman–Crippen MR) is 88.0 cm³/mol. The van der Waals surface area contributed by atoms with E-state index in [1.54, 1.807) is 19.1 Å². The normalized spacial score (nSPS) is 13.8. The van der Waals surface area contributed by atoms with E-state index in [4.69, 9.17) is 0 Å². The standard InChI is InChI=1S/C17H19BrFNO/c1-11(14-6-4-5-7-17(14)19)20(3)13-8-9-15(12(2)21)16(18)10-13/h4-12,21H,1-3H3/t11?,12-/m0/s1. The first-order chi connectivity index (χ1) is 9.91. The molecule has 0 aliphatic carbocycles. The fraction of sp³-hybridized carbons (Fsp3) is 0.294. The van der Waals surface area contributed by atoms with E-state index in [0.717, 1.165) is 15.7 Å². The summed E-state index contributed by atoms with van der Waals surface area (Å²) in [5.74, 6) is -0.198. The molecule has 0 aliphatic heterocycles. The van der Waals surface area contributed by atoms with Crippen molar-refractivity contribution >= 4 is 21.6 Å². The van der Waals surface area contributed by atoms with Crippen molar-refractivity contribution in [1.82, 2.24) is 0 Å². The summed E-state index contributed by atoms with van der Waals surface area (Å²) < 4.78 is 14.7. The van der Waals surface area contributed by atoms with Gasteiger partial charge in [-0.25, -0.2) is 4.39 Å². The van der Waals surface area contributed by atoms with Gasteiger partial charge in [-0.05, 0) is 37.6 Å². The molecule has 4 heteroatoms. The summed E-state index contributed by atoms with van der Waals surface area (Å²) in [5.41, 5.74) is 2.46. The lowest BCUT2D eigenvalue weighted by Gasteiger charge is -2.28. The molecule has 0 radical (unpaired) electrons. The molecule has 0 saturated carbocycles. The number of benzene rings is 2. The topological polar surface area (TPSA) is 23.5 Å². The number of aliphatic hydroxyl groups excluding tert-OH is 1. The van der Waals surface area contributed by atoms with Gasteiger partial charge in [-0.3, -0.25) is 0 Å². The predicted octanol–water partition coefficient (Wildman–Crippen LogP) is 4.84. The highest BCUT2D eigenvalue weighted by Gasteiger charge is 2.17. The Balaban J connectivity index is 2.30. The zero-order chi connectivity index (χ0) is 15.6. The molecular formula is C17H19BrFNO. The SMILES string of the molecule is CC(c1ccccc1F)N(C)c1ccc([C@H](C)O)c(Br)c1. The van der Waals surface area contributed by atoms with E-state index in [1.165, 1.54) is 6.07 Å². The van der Waals surface area contributed by atoms with E-state index in [1.807, 2.05) is 43.1 Å². The number of hydrogen-bond donors (Lipinski definition) is 1. The van der Waals surface area contributed by atoms with Crippen LogP contribution < -0.4 is 4.90 Å². The summed E-state index contributed by atoms with van der Waals surface area (Å²) in [5, 5.41) is 9.66. The molecule has 21 heavy (non-hydrogen) atoms. The number of halogens is 2. The van der Waals surface area contributed by atoms with Crippen molar-refractivity contribution in [3.63, 3.8) is 0 Å². The molecule has 0 aliphatic rings. The molecule has 0 fully saturated rings. The Morgan fingerprint density at radius 2 is 1.76 bits per heavy atom. The van der Waals surface area contributed by atoms with Gasteiger partial charge in [-0.15, -0.1) is 0 Å². The van der Waals surface area contributed by atoms with Crippen LogP contribution in [0, 0.1) is 5.82 Å². The van der Waals surface area contributed by atoms with Crippen LogP contribution in [0.2, 0.25) is 0 Å². The highest BCUT2D eigenvalue weighted by atomic mass is 79.9. The molecule has 1 unspecified atom stereocenters. The van der Waals surface area contributed by atoms with Crippen LogP contribution in [0.4, 0.5) is 10.1 Å². The van der Waals surface area contributed by atoms with E-state index < -0.39 is 6.10 Å². The Kier molecular flexibility index (Phi) is 5.01. The van der Waals surface area contributed by atoms with Gasteiger partial charge in [0.1, 0.15) is 5.82 Å². The van der Waals surface area contributed by atoms with Crippen molar-refractivity contribution in [3.05, 3.63) is 63.9 Å². The van der Waals surface area contributed by atoms with Crippen molar-refractivity contribution in [2.75, 3.05) is 11.9 Å². The Morgan fingerprint density at radius 3 is 2.33 bits per heavy atom. The van der Waals surface area contributed by atoms with Gasteiger partial charge >= 0.3 is 0 Å². The molecular weight excluding hydrogens is 333 g/mol. The lowest BCUT2D eigenvalue weighted by atomic mass is 10.1. The zero-order valence-corrected chi connectivity index (χ0v) is 13.9.